The van der Waals surface area contributed by atoms with Crippen molar-refractivity contribution in [3.05, 3.63) is 35.4 Å². The van der Waals surface area contributed by atoms with E-state index in [1.807, 2.05) is 13.0 Å². The van der Waals surface area contributed by atoms with Gasteiger partial charge in [-0.2, -0.15) is 0 Å². The smallest absolute Gasteiger partial charge is 0.0618 e. The lowest BCUT2D eigenvalue weighted by Crippen LogP contribution is -2.28. The van der Waals surface area contributed by atoms with Crippen LogP contribution in [0.3, 0.4) is 0 Å². The standard InChI is InChI=1S/C15H21NO/c1-11(6-9-17)12-4-5-13-14(10-12)16-8-7-15(13,2)3/h4-6,10,16-17H,7-9H2,1-3H3. The van der Waals surface area contributed by atoms with E-state index in [0.29, 0.717) is 0 Å². The van der Waals surface area contributed by atoms with Crippen LogP contribution in [-0.2, 0) is 5.41 Å². The van der Waals surface area contributed by atoms with E-state index in [4.69, 9.17) is 5.11 Å². The fourth-order valence-corrected chi connectivity index (χ4v) is 2.43. The van der Waals surface area contributed by atoms with E-state index in [1.54, 1.807) is 0 Å². The van der Waals surface area contributed by atoms with Crippen molar-refractivity contribution < 1.29 is 5.11 Å². The molecule has 2 heteroatoms. The number of hydrogen-bond donors (Lipinski definition) is 2. The molecule has 2 nitrogen and oxygen atoms in total. The molecule has 0 amide bonds. The summed E-state index contributed by atoms with van der Waals surface area (Å²) in [7, 11) is 0. The third kappa shape index (κ3) is 2.37. The number of hydrogen-bond acceptors (Lipinski definition) is 2. The van der Waals surface area contributed by atoms with Gasteiger partial charge in [-0.1, -0.05) is 32.1 Å². The van der Waals surface area contributed by atoms with Gasteiger partial charge in [0.2, 0.25) is 0 Å². The molecule has 0 radical (unpaired) electrons. The van der Waals surface area contributed by atoms with Crippen molar-refractivity contribution in [2.24, 2.45) is 0 Å². The van der Waals surface area contributed by atoms with Crippen molar-refractivity contribution in [2.75, 3.05) is 18.5 Å². The molecule has 0 spiro atoms. The Hall–Kier alpha value is -1.28. The number of rotatable bonds is 2. The highest BCUT2D eigenvalue weighted by atomic mass is 16.2. The summed E-state index contributed by atoms with van der Waals surface area (Å²) >= 11 is 0. The van der Waals surface area contributed by atoms with Crippen LogP contribution in [0.2, 0.25) is 0 Å². The SMILES string of the molecule is CC(=CCO)c1ccc2c(c1)NCCC2(C)C. The molecule has 0 aliphatic carbocycles. The lowest BCUT2D eigenvalue weighted by atomic mass is 9.78. The molecular formula is C15H21NO. The molecule has 0 fully saturated rings. The number of aliphatic hydroxyl groups excluding tert-OH is 1. The predicted molar refractivity (Wildman–Crippen MR) is 73.3 cm³/mol. The molecule has 1 aromatic rings. The average molecular weight is 231 g/mol. The van der Waals surface area contributed by atoms with Gasteiger partial charge in [-0.25, -0.2) is 0 Å². The van der Waals surface area contributed by atoms with Crippen LogP contribution in [0, 0.1) is 0 Å². The monoisotopic (exact) mass is 231 g/mol. The molecule has 92 valence electrons. The van der Waals surface area contributed by atoms with Gasteiger partial charge in [-0.15, -0.1) is 0 Å². The Morgan fingerprint density at radius 3 is 2.94 bits per heavy atom. The van der Waals surface area contributed by atoms with Crippen molar-refractivity contribution >= 4 is 11.3 Å². The molecule has 0 atom stereocenters. The Morgan fingerprint density at radius 1 is 1.47 bits per heavy atom. The molecule has 1 aromatic carbocycles. The van der Waals surface area contributed by atoms with Crippen LogP contribution in [0.15, 0.2) is 24.3 Å². The zero-order chi connectivity index (χ0) is 12.5. The van der Waals surface area contributed by atoms with Gasteiger partial charge < -0.3 is 10.4 Å². The third-order valence-corrected chi connectivity index (χ3v) is 3.67. The van der Waals surface area contributed by atoms with E-state index in [-0.39, 0.29) is 12.0 Å². The van der Waals surface area contributed by atoms with Gasteiger partial charge in [0, 0.05) is 12.2 Å². The number of benzene rings is 1. The first-order chi connectivity index (χ1) is 8.04. The van der Waals surface area contributed by atoms with E-state index in [2.05, 4.69) is 37.4 Å². The van der Waals surface area contributed by atoms with E-state index in [0.717, 1.165) is 12.1 Å². The fourth-order valence-electron chi connectivity index (χ4n) is 2.43. The second-order valence-corrected chi connectivity index (χ2v) is 5.39. The topological polar surface area (TPSA) is 32.3 Å². The second kappa shape index (κ2) is 4.53. The molecule has 1 aliphatic heterocycles. The zero-order valence-electron chi connectivity index (χ0n) is 10.9. The summed E-state index contributed by atoms with van der Waals surface area (Å²) in [5, 5.41) is 12.4. The molecule has 0 unspecified atom stereocenters. The molecular weight excluding hydrogens is 210 g/mol. The van der Waals surface area contributed by atoms with Gasteiger partial charge >= 0.3 is 0 Å². The molecule has 0 saturated heterocycles. The van der Waals surface area contributed by atoms with Gasteiger partial charge in [0.05, 0.1) is 6.61 Å². The Labute approximate surface area is 103 Å². The number of fused-ring (bicyclic) bond motifs is 1. The summed E-state index contributed by atoms with van der Waals surface area (Å²) in [6.45, 7) is 7.76. The van der Waals surface area contributed by atoms with Gasteiger partial charge in [0.1, 0.15) is 0 Å². The van der Waals surface area contributed by atoms with Gasteiger partial charge in [-0.05, 0) is 41.5 Å². The minimum absolute atomic E-state index is 0.0990. The molecule has 0 saturated carbocycles. The van der Waals surface area contributed by atoms with E-state index < -0.39 is 0 Å². The summed E-state index contributed by atoms with van der Waals surface area (Å²) in [6, 6.07) is 6.55. The van der Waals surface area contributed by atoms with Crippen LogP contribution in [0.1, 0.15) is 38.3 Å². The summed E-state index contributed by atoms with van der Waals surface area (Å²) in [5.74, 6) is 0. The van der Waals surface area contributed by atoms with Crippen molar-refractivity contribution in [3.63, 3.8) is 0 Å². The van der Waals surface area contributed by atoms with Gasteiger partial charge in [0.15, 0.2) is 0 Å². The van der Waals surface area contributed by atoms with Crippen LogP contribution < -0.4 is 5.32 Å². The van der Waals surface area contributed by atoms with Crippen molar-refractivity contribution in [2.45, 2.75) is 32.6 Å². The van der Waals surface area contributed by atoms with Crippen LogP contribution in [0.25, 0.3) is 5.57 Å². The number of anilines is 1. The molecule has 0 bridgehead atoms. The summed E-state index contributed by atoms with van der Waals surface area (Å²) in [6.07, 6.45) is 3.01. The summed E-state index contributed by atoms with van der Waals surface area (Å²) in [4.78, 5) is 0. The molecule has 2 rings (SSSR count). The van der Waals surface area contributed by atoms with Crippen molar-refractivity contribution in [1.29, 1.82) is 0 Å². The number of allylic oxidation sites excluding steroid dienone is 1. The first-order valence-electron chi connectivity index (χ1n) is 6.21. The average Bonchev–Trinajstić information content (AvgIpc) is 2.28. The molecule has 2 N–H and O–H groups in total. The molecule has 1 heterocycles. The zero-order valence-corrected chi connectivity index (χ0v) is 10.9. The van der Waals surface area contributed by atoms with E-state index in [9.17, 15) is 0 Å². The quantitative estimate of drug-likeness (QED) is 0.819. The van der Waals surface area contributed by atoms with E-state index in [1.165, 1.54) is 23.2 Å². The fraction of sp³-hybridized carbons (Fsp3) is 0.467. The molecule has 17 heavy (non-hydrogen) atoms. The van der Waals surface area contributed by atoms with Crippen LogP contribution >= 0.6 is 0 Å². The first-order valence-corrected chi connectivity index (χ1v) is 6.21. The number of nitrogens with one attached hydrogen (secondary N) is 1. The highest BCUT2D eigenvalue weighted by Gasteiger charge is 2.27. The maximum Gasteiger partial charge on any atom is 0.0618 e. The largest absolute Gasteiger partial charge is 0.392 e. The maximum atomic E-state index is 8.93. The van der Waals surface area contributed by atoms with E-state index >= 15 is 0 Å². The highest BCUT2D eigenvalue weighted by molar-refractivity contribution is 5.70. The normalized spacial score (nSPS) is 18.5. The first kappa shape index (κ1) is 12.2. The van der Waals surface area contributed by atoms with Crippen LogP contribution in [0.5, 0.6) is 0 Å². The predicted octanol–water partition coefficient (Wildman–Crippen LogP) is 3.18. The highest BCUT2D eigenvalue weighted by Crippen LogP contribution is 2.37. The maximum absolute atomic E-state index is 8.93. The Bertz CT molecular complexity index is 446. The summed E-state index contributed by atoms with van der Waals surface area (Å²) in [5.41, 5.74) is 5.20. The third-order valence-electron chi connectivity index (χ3n) is 3.67. The lowest BCUT2D eigenvalue weighted by Gasteiger charge is -2.33. The summed E-state index contributed by atoms with van der Waals surface area (Å²) < 4.78 is 0. The lowest BCUT2D eigenvalue weighted by molar-refractivity contribution is 0.343. The Morgan fingerprint density at radius 2 is 2.24 bits per heavy atom. The number of aliphatic hydroxyl groups is 1. The molecule has 0 aromatic heterocycles. The Balaban J connectivity index is 2.41. The van der Waals surface area contributed by atoms with Gasteiger partial charge in [-0.3, -0.25) is 0 Å². The van der Waals surface area contributed by atoms with Gasteiger partial charge in [0.25, 0.3) is 0 Å². The second-order valence-electron chi connectivity index (χ2n) is 5.39. The molecule has 1 aliphatic rings. The van der Waals surface area contributed by atoms with Crippen molar-refractivity contribution in [3.8, 4) is 0 Å². The van der Waals surface area contributed by atoms with Crippen molar-refractivity contribution in [1.82, 2.24) is 0 Å². The Kier molecular flexibility index (Phi) is 3.25. The minimum Gasteiger partial charge on any atom is -0.392 e. The minimum atomic E-state index is 0.0990. The van der Waals surface area contributed by atoms with Crippen LogP contribution in [-0.4, -0.2) is 18.3 Å². The van der Waals surface area contributed by atoms with Crippen LogP contribution in [0.4, 0.5) is 5.69 Å².